The first-order chi connectivity index (χ1) is 6.70. The molecule has 0 saturated heterocycles. The number of rotatable bonds is 3. The first kappa shape index (κ1) is 13.2. The fourth-order valence-corrected chi connectivity index (χ4v) is 1.21. The van der Waals surface area contributed by atoms with E-state index >= 15 is 0 Å². The van der Waals surface area contributed by atoms with Crippen molar-refractivity contribution in [3.63, 3.8) is 0 Å². The van der Waals surface area contributed by atoms with E-state index in [4.69, 9.17) is 4.74 Å². The van der Waals surface area contributed by atoms with Gasteiger partial charge in [0.05, 0.1) is 12.2 Å². The van der Waals surface area contributed by atoms with Gasteiger partial charge in [-0.3, -0.25) is 0 Å². The van der Waals surface area contributed by atoms with Crippen LogP contribution in [-0.2, 0) is 4.74 Å². The Labute approximate surface area is 88.1 Å². The Morgan fingerprint density at radius 1 is 0.929 bits per heavy atom. The third-order valence-electron chi connectivity index (χ3n) is 1.75. The monoisotopic (exact) mass is 194 g/mol. The number of benzene rings is 1. The maximum absolute atomic E-state index is 5.64. The minimum atomic E-state index is 0.200. The van der Waals surface area contributed by atoms with Gasteiger partial charge < -0.3 is 4.74 Å². The summed E-state index contributed by atoms with van der Waals surface area (Å²) in [5.41, 5.74) is 1.24. The van der Waals surface area contributed by atoms with Crippen LogP contribution in [0.3, 0.4) is 0 Å². The summed E-state index contributed by atoms with van der Waals surface area (Å²) in [4.78, 5) is 0. The standard InChI is InChI=1S/C11H16O.C2H6/c1-9(2)12-10(3)11-7-5-4-6-8-11;1-2/h4-10H,1-3H3;1-2H3/t10-;/m1./s1. The van der Waals surface area contributed by atoms with Crippen molar-refractivity contribution in [2.24, 2.45) is 0 Å². The Bertz CT molecular complexity index is 216. The zero-order valence-electron chi connectivity index (χ0n) is 9.95. The number of hydrogen-bond donors (Lipinski definition) is 0. The number of hydrogen-bond acceptors (Lipinski definition) is 1. The lowest BCUT2D eigenvalue weighted by Crippen LogP contribution is -2.06. The van der Waals surface area contributed by atoms with Gasteiger partial charge in [0, 0.05) is 0 Å². The number of ether oxygens (including phenoxy) is 1. The molecule has 0 radical (unpaired) electrons. The summed E-state index contributed by atoms with van der Waals surface area (Å²) in [7, 11) is 0. The predicted octanol–water partition coefficient (Wildman–Crippen LogP) is 4.20. The van der Waals surface area contributed by atoms with Gasteiger partial charge in [-0.15, -0.1) is 0 Å². The molecule has 0 aliphatic heterocycles. The molecule has 0 unspecified atom stereocenters. The van der Waals surface area contributed by atoms with Crippen molar-refractivity contribution < 1.29 is 4.74 Å². The molecule has 0 amide bonds. The highest BCUT2D eigenvalue weighted by atomic mass is 16.5. The average molecular weight is 194 g/mol. The van der Waals surface area contributed by atoms with E-state index in [2.05, 4.69) is 32.9 Å². The van der Waals surface area contributed by atoms with Crippen LogP contribution in [0.2, 0.25) is 0 Å². The summed E-state index contributed by atoms with van der Waals surface area (Å²) < 4.78 is 5.64. The van der Waals surface area contributed by atoms with Crippen LogP contribution in [0.5, 0.6) is 0 Å². The van der Waals surface area contributed by atoms with Gasteiger partial charge in [-0.25, -0.2) is 0 Å². The molecule has 0 bridgehead atoms. The summed E-state index contributed by atoms with van der Waals surface area (Å²) in [5, 5.41) is 0. The molecule has 0 aliphatic carbocycles. The molecule has 0 aliphatic rings. The average Bonchev–Trinajstić information content (AvgIpc) is 2.21. The topological polar surface area (TPSA) is 9.23 Å². The van der Waals surface area contributed by atoms with Crippen LogP contribution in [-0.4, -0.2) is 6.10 Å². The molecule has 1 nitrogen and oxygen atoms in total. The normalized spacial score (nSPS) is 11.9. The molecule has 0 aromatic heterocycles. The Balaban J connectivity index is 0.000000791. The van der Waals surface area contributed by atoms with Crippen LogP contribution in [0.25, 0.3) is 0 Å². The van der Waals surface area contributed by atoms with E-state index in [1.807, 2.05) is 32.0 Å². The minimum absolute atomic E-state index is 0.200. The van der Waals surface area contributed by atoms with E-state index in [0.717, 1.165) is 0 Å². The Hall–Kier alpha value is -0.820. The van der Waals surface area contributed by atoms with Gasteiger partial charge >= 0.3 is 0 Å². The maximum atomic E-state index is 5.64. The fourth-order valence-electron chi connectivity index (χ4n) is 1.21. The van der Waals surface area contributed by atoms with Crippen LogP contribution in [0.15, 0.2) is 30.3 Å². The lowest BCUT2D eigenvalue weighted by Gasteiger charge is -2.15. The van der Waals surface area contributed by atoms with Crippen LogP contribution >= 0.6 is 0 Å². The van der Waals surface area contributed by atoms with Crippen molar-refractivity contribution in [1.29, 1.82) is 0 Å². The van der Waals surface area contributed by atoms with Crippen molar-refractivity contribution in [2.75, 3.05) is 0 Å². The van der Waals surface area contributed by atoms with Crippen LogP contribution in [0.1, 0.15) is 46.3 Å². The van der Waals surface area contributed by atoms with Crippen molar-refractivity contribution >= 4 is 0 Å². The van der Waals surface area contributed by atoms with Gasteiger partial charge in [-0.05, 0) is 26.3 Å². The molecule has 0 N–H and O–H groups in total. The van der Waals surface area contributed by atoms with Gasteiger partial charge in [0.1, 0.15) is 0 Å². The van der Waals surface area contributed by atoms with Crippen molar-refractivity contribution in [3.05, 3.63) is 35.9 Å². The van der Waals surface area contributed by atoms with Crippen molar-refractivity contribution in [2.45, 2.75) is 46.8 Å². The second-order valence-corrected chi connectivity index (χ2v) is 3.24. The van der Waals surface area contributed by atoms with Gasteiger partial charge in [0.15, 0.2) is 0 Å². The summed E-state index contributed by atoms with van der Waals surface area (Å²) in [6.07, 6.45) is 0.492. The van der Waals surface area contributed by atoms with E-state index in [1.165, 1.54) is 5.56 Å². The summed E-state index contributed by atoms with van der Waals surface area (Å²) in [6, 6.07) is 10.3. The highest BCUT2D eigenvalue weighted by molar-refractivity contribution is 5.16. The zero-order valence-corrected chi connectivity index (χ0v) is 9.95. The summed E-state index contributed by atoms with van der Waals surface area (Å²) in [6.45, 7) is 10.2. The first-order valence-corrected chi connectivity index (χ1v) is 5.40. The second-order valence-electron chi connectivity index (χ2n) is 3.24. The molecule has 80 valence electrons. The van der Waals surface area contributed by atoms with Gasteiger partial charge in [0.2, 0.25) is 0 Å². The van der Waals surface area contributed by atoms with E-state index < -0.39 is 0 Å². The van der Waals surface area contributed by atoms with Crippen LogP contribution in [0.4, 0.5) is 0 Å². The van der Waals surface area contributed by atoms with E-state index in [0.29, 0.717) is 6.10 Å². The zero-order chi connectivity index (χ0) is 11.0. The minimum Gasteiger partial charge on any atom is -0.371 e. The molecule has 0 spiro atoms. The molecule has 1 aromatic carbocycles. The van der Waals surface area contributed by atoms with Crippen LogP contribution in [0, 0.1) is 0 Å². The van der Waals surface area contributed by atoms with E-state index in [9.17, 15) is 0 Å². The quantitative estimate of drug-likeness (QED) is 0.700. The molecule has 0 saturated carbocycles. The lowest BCUT2D eigenvalue weighted by molar-refractivity contribution is 0.0178. The summed E-state index contributed by atoms with van der Waals surface area (Å²) in [5.74, 6) is 0. The molecule has 1 atom stereocenters. The molecule has 1 rings (SSSR count). The molecular formula is C13H22O. The predicted molar refractivity (Wildman–Crippen MR) is 62.4 cm³/mol. The van der Waals surface area contributed by atoms with Crippen molar-refractivity contribution in [1.82, 2.24) is 0 Å². The molecular weight excluding hydrogens is 172 g/mol. The highest BCUT2D eigenvalue weighted by Gasteiger charge is 2.05. The molecule has 0 heterocycles. The van der Waals surface area contributed by atoms with Gasteiger partial charge in [-0.1, -0.05) is 44.2 Å². The van der Waals surface area contributed by atoms with Gasteiger partial charge in [0.25, 0.3) is 0 Å². The third kappa shape index (κ3) is 5.03. The maximum Gasteiger partial charge on any atom is 0.0800 e. The molecule has 14 heavy (non-hydrogen) atoms. The summed E-state index contributed by atoms with van der Waals surface area (Å²) >= 11 is 0. The molecule has 1 aromatic rings. The molecule has 1 heteroatoms. The highest BCUT2D eigenvalue weighted by Crippen LogP contribution is 2.17. The van der Waals surface area contributed by atoms with Crippen LogP contribution < -0.4 is 0 Å². The van der Waals surface area contributed by atoms with Gasteiger partial charge in [-0.2, -0.15) is 0 Å². The largest absolute Gasteiger partial charge is 0.371 e. The lowest BCUT2D eigenvalue weighted by atomic mass is 10.1. The smallest absolute Gasteiger partial charge is 0.0800 e. The third-order valence-corrected chi connectivity index (χ3v) is 1.75. The Morgan fingerprint density at radius 2 is 1.43 bits per heavy atom. The SMILES string of the molecule is CC.CC(C)O[C@H](C)c1ccccc1. The first-order valence-electron chi connectivity index (χ1n) is 5.40. The molecule has 0 fully saturated rings. The van der Waals surface area contributed by atoms with E-state index in [-0.39, 0.29) is 6.10 Å². The Kier molecular flexibility index (Phi) is 7.13. The second kappa shape index (κ2) is 7.57. The van der Waals surface area contributed by atoms with E-state index in [1.54, 1.807) is 0 Å². The Morgan fingerprint density at radius 3 is 1.86 bits per heavy atom. The fraction of sp³-hybridized carbons (Fsp3) is 0.538. The van der Waals surface area contributed by atoms with Crippen molar-refractivity contribution in [3.8, 4) is 0 Å².